The molecule has 1 unspecified atom stereocenters. The average Bonchev–Trinajstić information content (AvgIpc) is 2.48. The number of amides is 3. The van der Waals surface area contributed by atoms with Crippen molar-refractivity contribution >= 4 is 27.9 Å². The molecular formula is C16H22BrN3O2. The molecule has 0 aliphatic carbocycles. The minimum absolute atomic E-state index is 0.105. The number of hydrogen-bond acceptors (Lipinski definition) is 2. The van der Waals surface area contributed by atoms with Crippen LogP contribution in [0, 0.1) is 0 Å². The standard InChI is InChI=1S/C16H22BrN3O2/c1-16(2,11-6-3-4-7-12(11)17)10-19-15(22)20-13-8-5-9-18-14(13)21/h3-4,6-7,13H,5,8-10H2,1-2H3,(H,18,21)(H2,19,20,22). The highest BCUT2D eigenvalue weighted by Crippen LogP contribution is 2.29. The zero-order chi connectivity index (χ0) is 16.2. The van der Waals surface area contributed by atoms with Crippen molar-refractivity contribution in [1.29, 1.82) is 0 Å². The number of carbonyl (C=O) groups excluding carboxylic acids is 2. The largest absolute Gasteiger partial charge is 0.354 e. The molecule has 0 saturated carbocycles. The number of hydrogen-bond donors (Lipinski definition) is 3. The van der Waals surface area contributed by atoms with Crippen LogP contribution in [0.25, 0.3) is 0 Å². The van der Waals surface area contributed by atoms with Gasteiger partial charge in [0.15, 0.2) is 0 Å². The predicted octanol–water partition coefficient (Wildman–Crippen LogP) is 2.30. The Morgan fingerprint density at radius 1 is 1.41 bits per heavy atom. The summed E-state index contributed by atoms with van der Waals surface area (Å²) in [6.45, 7) is 5.31. The molecule has 0 aromatic heterocycles. The van der Waals surface area contributed by atoms with Gasteiger partial charge in [0.1, 0.15) is 6.04 Å². The summed E-state index contributed by atoms with van der Waals surface area (Å²) in [4.78, 5) is 23.6. The molecule has 2 rings (SSSR count). The number of benzene rings is 1. The van der Waals surface area contributed by atoms with E-state index >= 15 is 0 Å². The third-order valence-electron chi connectivity index (χ3n) is 3.88. The first-order valence-electron chi connectivity index (χ1n) is 7.47. The number of carbonyl (C=O) groups is 2. The molecule has 3 amide bonds. The smallest absolute Gasteiger partial charge is 0.315 e. The molecular weight excluding hydrogens is 346 g/mol. The van der Waals surface area contributed by atoms with Gasteiger partial charge in [0.2, 0.25) is 5.91 Å². The molecule has 1 aromatic rings. The Morgan fingerprint density at radius 2 is 2.14 bits per heavy atom. The van der Waals surface area contributed by atoms with Crippen LogP contribution in [0.15, 0.2) is 28.7 Å². The molecule has 0 spiro atoms. The van der Waals surface area contributed by atoms with Crippen molar-refractivity contribution in [2.45, 2.75) is 38.1 Å². The first-order chi connectivity index (χ1) is 10.4. The molecule has 22 heavy (non-hydrogen) atoms. The van der Waals surface area contributed by atoms with E-state index in [1.54, 1.807) is 0 Å². The Kier molecular flexibility index (Phi) is 5.45. The van der Waals surface area contributed by atoms with E-state index in [0.717, 1.165) is 16.5 Å². The molecule has 5 nitrogen and oxygen atoms in total. The van der Waals surface area contributed by atoms with Crippen molar-refractivity contribution in [3.63, 3.8) is 0 Å². The van der Waals surface area contributed by atoms with Gasteiger partial charge in [0.05, 0.1) is 0 Å². The van der Waals surface area contributed by atoms with Crippen molar-refractivity contribution in [2.75, 3.05) is 13.1 Å². The maximum absolute atomic E-state index is 12.0. The maximum atomic E-state index is 12.0. The minimum atomic E-state index is -0.430. The van der Waals surface area contributed by atoms with Crippen LogP contribution in [-0.4, -0.2) is 31.1 Å². The van der Waals surface area contributed by atoms with Crippen molar-refractivity contribution in [3.8, 4) is 0 Å². The van der Waals surface area contributed by atoms with Gasteiger partial charge in [-0.05, 0) is 24.5 Å². The molecule has 3 N–H and O–H groups in total. The molecule has 120 valence electrons. The second-order valence-corrected chi connectivity index (χ2v) is 7.03. The van der Waals surface area contributed by atoms with Crippen LogP contribution in [0.2, 0.25) is 0 Å². The van der Waals surface area contributed by atoms with E-state index in [0.29, 0.717) is 19.5 Å². The van der Waals surface area contributed by atoms with Gasteiger partial charge in [-0.2, -0.15) is 0 Å². The van der Waals surface area contributed by atoms with Crippen LogP contribution in [0.3, 0.4) is 0 Å². The van der Waals surface area contributed by atoms with E-state index in [2.05, 4.69) is 45.7 Å². The number of nitrogens with one attached hydrogen (secondary N) is 3. The average molecular weight is 368 g/mol. The molecule has 1 fully saturated rings. The molecule has 0 radical (unpaired) electrons. The molecule has 1 heterocycles. The zero-order valence-corrected chi connectivity index (χ0v) is 14.5. The number of urea groups is 1. The molecule has 1 aliphatic rings. The maximum Gasteiger partial charge on any atom is 0.315 e. The van der Waals surface area contributed by atoms with Gasteiger partial charge in [-0.1, -0.05) is 48.0 Å². The lowest BCUT2D eigenvalue weighted by Crippen LogP contribution is -2.53. The van der Waals surface area contributed by atoms with E-state index < -0.39 is 6.04 Å². The van der Waals surface area contributed by atoms with Crippen LogP contribution in [-0.2, 0) is 10.2 Å². The number of halogens is 1. The monoisotopic (exact) mass is 367 g/mol. The fourth-order valence-corrected chi connectivity index (χ4v) is 3.35. The molecule has 0 bridgehead atoms. The second-order valence-electron chi connectivity index (χ2n) is 6.18. The van der Waals surface area contributed by atoms with Crippen LogP contribution >= 0.6 is 15.9 Å². The van der Waals surface area contributed by atoms with Crippen LogP contribution in [0.5, 0.6) is 0 Å². The number of piperidine rings is 1. The van der Waals surface area contributed by atoms with Crippen LogP contribution < -0.4 is 16.0 Å². The highest BCUT2D eigenvalue weighted by molar-refractivity contribution is 9.10. The van der Waals surface area contributed by atoms with Gasteiger partial charge in [0, 0.05) is 23.0 Å². The van der Waals surface area contributed by atoms with Gasteiger partial charge in [-0.15, -0.1) is 0 Å². The van der Waals surface area contributed by atoms with E-state index in [4.69, 9.17) is 0 Å². The fourth-order valence-electron chi connectivity index (χ4n) is 2.53. The normalized spacial score (nSPS) is 18.5. The summed E-state index contributed by atoms with van der Waals surface area (Å²) in [5.41, 5.74) is 0.914. The summed E-state index contributed by atoms with van der Waals surface area (Å²) in [5.74, 6) is -0.105. The van der Waals surface area contributed by atoms with Crippen molar-refractivity contribution < 1.29 is 9.59 Å². The van der Waals surface area contributed by atoms with E-state index in [-0.39, 0.29) is 17.4 Å². The van der Waals surface area contributed by atoms with E-state index in [1.165, 1.54) is 0 Å². The first-order valence-corrected chi connectivity index (χ1v) is 8.26. The minimum Gasteiger partial charge on any atom is -0.354 e. The lowest BCUT2D eigenvalue weighted by Gasteiger charge is -2.28. The van der Waals surface area contributed by atoms with Gasteiger partial charge in [-0.25, -0.2) is 4.79 Å². The quantitative estimate of drug-likeness (QED) is 0.763. The topological polar surface area (TPSA) is 70.2 Å². The molecule has 1 atom stereocenters. The highest BCUT2D eigenvalue weighted by Gasteiger charge is 2.26. The Balaban J connectivity index is 1.90. The Labute approximate surface area is 139 Å². The summed E-state index contributed by atoms with van der Waals surface area (Å²) >= 11 is 3.55. The van der Waals surface area contributed by atoms with Crippen molar-refractivity contribution in [2.24, 2.45) is 0 Å². The molecule has 1 aliphatic heterocycles. The summed E-state index contributed by atoms with van der Waals surface area (Å²) in [7, 11) is 0. The van der Waals surface area contributed by atoms with Crippen molar-refractivity contribution in [1.82, 2.24) is 16.0 Å². The first kappa shape index (κ1) is 16.8. The third-order valence-corrected chi connectivity index (χ3v) is 4.58. The summed E-state index contributed by atoms with van der Waals surface area (Å²) < 4.78 is 1.02. The predicted molar refractivity (Wildman–Crippen MR) is 89.7 cm³/mol. The summed E-state index contributed by atoms with van der Waals surface area (Å²) in [5, 5.41) is 8.35. The Hall–Kier alpha value is -1.56. The molecule has 1 aromatic carbocycles. The molecule has 6 heteroatoms. The lowest BCUT2D eigenvalue weighted by molar-refractivity contribution is -0.124. The summed E-state index contributed by atoms with van der Waals surface area (Å²) in [6, 6.07) is 7.24. The highest BCUT2D eigenvalue weighted by atomic mass is 79.9. The Bertz CT molecular complexity index is 560. The van der Waals surface area contributed by atoms with Gasteiger partial charge in [0.25, 0.3) is 0 Å². The van der Waals surface area contributed by atoms with Crippen molar-refractivity contribution in [3.05, 3.63) is 34.3 Å². The third kappa shape index (κ3) is 4.22. The van der Waals surface area contributed by atoms with E-state index in [9.17, 15) is 9.59 Å². The fraction of sp³-hybridized carbons (Fsp3) is 0.500. The SMILES string of the molecule is CC(C)(CNC(=O)NC1CCCNC1=O)c1ccccc1Br. The lowest BCUT2D eigenvalue weighted by atomic mass is 9.84. The van der Waals surface area contributed by atoms with Gasteiger partial charge in [-0.3, -0.25) is 4.79 Å². The van der Waals surface area contributed by atoms with Crippen LogP contribution in [0.1, 0.15) is 32.3 Å². The van der Waals surface area contributed by atoms with Crippen LogP contribution in [0.4, 0.5) is 4.79 Å². The zero-order valence-electron chi connectivity index (χ0n) is 12.9. The second kappa shape index (κ2) is 7.13. The summed E-state index contributed by atoms with van der Waals surface area (Å²) in [6.07, 6.45) is 1.58. The van der Waals surface area contributed by atoms with Gasteiger partial charge < -0.3 is 16.0 Å². The van der Waals surface area contributed by atoms with E-state index in [1.807, 2.05) is 24.3 Å². The van der Waals surface area contributed by atoms with Gasteiger partial charge >= 0.3 is 6.03 Å². The Morgan fingerprint density at radius 3 is 2.82 bits per heavy atom. The molecule has 1 saturated heterocycles. The number of rotatable bonds is 4.